The van der Waals surface area contributed by atoms with Gasteiger partial charge in [-0.25, -0.2) is 0 Å². The fraction of sp³-hybridized carbons (Fsp3) is 0.800. The molecule has 6 nitrogen and oxygen atoms in total. The van der Waals surface area contributed by atoms with E-state index >= 15 is 0 Å². The van der Waals surface area contributed by atoms with Crippen LogP contribution in [0.5, 0.6) is 0 Å². The second-order valence-corrected chi connectivity index (χ2v) is 8.21. The van der Waals surface area contributed by atoms with E-state index in [-0.39, 0.29) is 30.0 Å². The third-order valence-corrected chi connectivity index (χ3v) is 5.42. The predicted octanol–water partition coefficient (Wildman–Crippen LogP) is 3.51. The van der Waals surface area contributed by atoms with Crippen molar-refractivity contribution in [1.82, 2.24) is 24.9 Å². The maximum atomic E-state index is 5.02. The largest absolute Gasteiger partial charge is 0.357 e. The molecule has 1 N–H and O–H groups in total. The van der Waals surface area contributed by atoms with Crippen LogP contribution < -0.4 is 5.32 Å². The smallest absolute Gasteiger partial charge is 0.194 e. The average Bonchev–Trinajstić information content (AvgIpc) is 3.00. The summed E-state index contributed by atoms with van der Waals surface area (Å²) in [6, 6.07) is 0.240. The number of rotatable bonds is 7. The van der Waals surface area contributed by atoms with Crippen LogP contribution in [0.1, 0.15) is 58.1 Å². The third-order valence-electron chi connectivity index (χ3n) is 5.42. The quantitative estimate of drug-likeness (QED) is 0.361. The lowest BCUT2D eigenvalue weighted by Crippen LogP contribution is -2.50. The van der Waals surface area contributed by atoms with Crippen molar-refractivity contribution in [2.45, 2.75) is 52.5 Å². The Kier molecular flexibility index (Phi) is 10.1. The number of hydrogen-bond donors (Lipinski definition) is 1. The number of nitrogens with one attached hydrogen (secondary N) is 1. The summed E-state index contributed by atoms with van der Waals surface area (Å²) in [5.74, 6) is 1.06. The first-order valence-corrected chi connectivity index (χ1v) is 10.1. The average molecular weight is 490 g/mol. The number of piperidine rings is 1. The molecule has 1 fully saturated rings. The van der Waals surface area contributed by atoms with Crippen LogP contribution in [0.4, 0.5) is 0 Å². The normalized spacial score (nSPS) is 21.9. The van der Waals surface area contributed by atoms with Crippen molar-refractivity contribution >= 4 is 29.9 Å². The molecule has 2 unspecified atom stereocenters. The molecule has 0 saturated carbocycles. The van der Waals surface area contributed by atoms with Gasteiger partial charge in [-0.05, 0) is 45.7 Å². The summed E-state index contributed by atoms with van der Waals surface area (Å²) in [7, 11) is 6.19. The van der Waals surface area contributed by atoms with Gasteiger partial charge in [0.05, 0.1) is 18.8 Å². The minimum Gasteiger partial charge on any atom is -0.357 e. The van der Waals surface area contributed by atoms with E-state index < -0.39 is 0 Å². The highest BCUT2D eigenvalue weighted by molar-refractivity contribution is 14.0. The molecule has 0 amide bonds. The molecule has 27 heavy (non-hydrogen) atoms. The summed E-state index contributed by atoms with van der Waals surface area (Å²) in [6.07, 6.45) is 9.16. The van der Waals surface area contributed by atoms with Crippen molar-refractivity contribution in [3.05, 3.63) is 18.0 Å². The Balaban J connectivity index is 0.00000364. The van der Waals surface area contributed by atoms with Crippen LogP contribution in [0.25, 0.3) is 0 Å². The van der Waals surface area contributed by atoms with Gasteiger partial charge in [-0.2, -0.15) is 5.10 Å². The van der Waals surface area contributed by atoms with E-state index in [4.69, 9.17) is 4.99 Å². The topological polar surface area (TPSA) is 48.7 Å². The molecule has 2 atom stereocenters. The Hall–Kier alpha value is -0.830. The molecule has 2 rings (SSSR count). The Morgan fingerprint density at radius 1 is 1.41 bits per heavy atom. The minimum atomic E-state index is 0. The number of likely N-dealkylation sites (tertiary alicyclic amines) is 1. The van der Waals surface area contributed by atoms with E-state index in [0.29, 0.717) is 5.41 Å². The molecule has 0 spiro atoms. The summed E-state index contributed by atoms with van der Waals surface area (Å²) in [4.78, 5) is 9.72. The number of halogens is 1. The van der Waals surface area contributed by atoms with Crippen LogP contribution in [-0.4, -0.2) is 65.8 Å². The highest BCUT2D eigenvalue weighted by atomic mass is 127. The van der Waals surface area contributed by atoms with Gasteiger partial charge >= 0.3 is 0 Å². The van der Waals surface area contributed by atoms with Gasteiger partial charge in [-0.1, -0.05) is 20.3 Å². The van der Waals surface area contributed by atoms with Gasteiger partial charge in [0.15, 0.2) is 5.96 Å². The summed E-state index contributed by atoms with van der Waals surface area (Å²) in [5.41, 5.74) is 1.62. The van der Waals surface area contributed by atoms with E-state index in [1.807, 2.05) is 17.9 Å². The molecule has 1 aliphatic rings. The van der Waals surface area contributed by atoms with Gasteiger partial charge in [-0.15, -0.1) is 24.0 Å². The van der Waals surface area contributed by atoms with Gasteiger partial charge in [0, 0.05) is 38.4 Å². The first-order chi connectivity index (χ1) is 12.4. The van der Waals surface area contributed by atoms with Crippen LogP contribution in [0.2, 0.25) is 0 Å². The number of guanidine groups is 1. The molecule has 7 heteroatoms. The first kappa shape index (κ1) is 24.2. The highest BCUT2D eigenvalue weighted by Gasteiger charge is 2.31. The number of aryl methyl sites for hydroxylation is 1. The molecule has 0 bridgehead atoms. The second kappa shape index (κ2) is 11.2. The monoisotopic (exact) mass is 490 g/mol. The van der Waals surface area contributed by atoms with Crippen molar-refractivity contribution in [3.63, 3.8) is 0 Å². The molecule has 2 heterocycles. The van der Waals surface area contributed by atoms with Crippen molar-refractivity contribution in [2.75, 3.05) is 40.3 Å². The van der Waals surface area contributed by atoms with Crippen molar-refractivity contribution in [1.29, 1.82) is 0 Å². The van der Waals surface area contributed by atoms with E-state index in [9.17, 15) is 0 Å². The van der Waals surface area contributed by atoms with Gasteiger partial charge in [0.2, 0.25) is 0 Å². The zero-order chi connectivity index (χ0) is 19.2. The summed E-state index contributed by atoms with van der Waals surface area (Å²) in [6.45, 7) is 10.7. The zero-order valence-electron chi connectivity index (χ0n) is 18.0. The third kappa shape index (κ3) is 6.93. The molecule has 0 aromatic carbocycles. The number of likely N-dealkylation sites (N-methyl/N-ethyl adjacent to an activating group) is 1. The van der Waals surface area contributed by atoms with E-state index in [0.717, 1.165) is 32.1 Å². The number of hydrogen-bond acceptors (Lipinski definition) is 3. The molecular weight excluding hydrogens is 451 g/mol. The molecule has 1 saturated heterocycles. The second-order valence-electron chi connectivity index (χ2n) is 8.21. The predicted molar refractivity (Wildman–Crippen MR) is 125 cm³/mol. The molecule has 156 valence electrons. The van der Waals surface area contributed by atoms with Crippen LogP contribution in [-0.2, 0) is 7.05 Å². The van der Waals surface area contributed by atoms with E-state index in [1.165, 1.54) is 31.2 Å². The molecule has 1 aromatic rings. The van der Waals surface area contributed by atoms with Gasteiger partial charge in [0.1, 0.15) is 0 Å². The Bertz CT molecular complexity index is 581. The van der Waals surface area contributed by atoms with Crippen molar-refractivity contribution in [2.24, 2.45) is 17.5 Å². The molecule has 1 aliphatic heterocycles. The van der Waals surface area contributed by atoms with Crippen molar-refractivity contribution < 1.29 is 0 Å². The Morgan fingerprint density at radius 3 is 2.70 bits per heavy atom. The number of aromatic nitrogens is 2. The van der Waals surface area contributed by atoms with E-state index in [1.54, 1.807) is 0 Å². The lowest BCUT2D eigenvalue weighted by atomic mass is 9.78. The highest BCUT2D eigenvalue weighted by Crippen LogP contribution is 2.34. The lowest BCUT2D eigenvalue weighted by molar-refractivity contribution is 0.142. The SMILES string of the molecule is CCCC1(C)CCCN(C(=NCC(c2cnn(C)c2)N(C)C)NCC)C1.I. The standard InChI is InChI=1S/C20H38N6.HI/c1-7-10-20(3)11-9-12-26(16-20)19(21-8-2)22-14-18(24(4)5)17-13-23-25(6)15-17;/h13,15,18H,7-12,14,16H2,1-6H3,(H,21,22);1H. The van der Waals surface area contributed by atoms with Crippen LogP contribution in [0, 0.1) is 5.41 Å². The van der Waals surface area contributed by atoms with Gasteiger partial charge < -0.3 is 15.1 Å². The molecule has 0 radical (unpaired) electrons. The Labute approximate surface area is 182 Å². The zero-order valence-corrected chi connectivity index (χ0v) is 20.4. The number of nitrogens with zero attached hydrogens (tertiary/aromatic N) is 5. The first-order valence-electron chi connectivity index (χ1n) is 10.1. The molecule has 0 aliphatic carbocycles. The number of aliphatic imine (C=N–C) groups is 1. The maximum Gasteiger partial charge on any atom is 0.194 e. The Morgan fingerprint density at radius 2 is 2.15 bits per heavy atom. The van der Waals surface area contributed by atoms with Crippen LogP contribution in [0.15, 0.2) is 17.4 Å². The van der Waals surface area contributed by atoms with Crippen molar-refractivity contribution in [3.8, 4) is 0 Å². The van der Waals surface area contributed by atoms with E-state index in [2.05, 4.69) is 61.3 Å². The summed E-state index contributed by atoms with van der Waals surface area (Å²) in [5, 5.41) is 7.85. The summed E-state index contributed by atoms with van der Waals surface area (Å²) >= 11 is 0. The summed E-state index contributed by atoms with van der Waals surface area (Å²) < 4.78 is 1.86. The van der Waals surface area contributed by atoms with Gasteiger partial charge in [0.25, 0.3) is 0 Å². The lowest BCUT2D eigenvalue weighted by Gasteiger charge is -2.42. The minimum absolute atomic E-state index is 0. The molecule has 1 aromatic heterocycles. The fourth-order valence-corrected chi connectivity index (χ4v) is 4.08. The van der Waals surface area contributed by atoms with Gasteiger partial charge in [-0.3, -0.25) is 9.67 Å². The molecular formula is C20H39IN6. The van der Waals surface area contributed by atoms with Crippen LogP contribution in [0.3, 0.4) is 0 Å². The fourth-order valence-electron chi connectivity index (χ4n) is 4.08. The maximum absolute atomic E-state index is 5.02. The van der Waals surface area contributed by atoms with Crippen LogP contribution >= 0.6 is 24.0 Å².